The van der Waals surface area contributed by atoms with Crippen molar-refractivity contribution in [3.63, 3.8) is 0 Å². The van der Waals surface area contributed by atoms with E-state index in [1.165, 1.54) is 68.8 Å². The van der Waals surface area contributed by atoms with E-state index in [4.69, 9.17) is 0 Å². The first-order valence-electron chi connectivity index (χ1n) is 11.6. The van der Waals surface area contributed by atoms with Gasteiger partial charge in [0.15, 0.2) is 0 Å². The number of allylic oxidation sites excluding steroid dienone is 16. The van der Waals surface area contributed by atoms with Crippen LogP contribution in [-0.2, 0) is 24.2 Å². The second-order valence-corrected chi connectivity index (χ2v) is 8.02. The average molecular weight is 587 g/mol. The van der Waals surface area contributed by atoms with E-state index in [0.717, 1.165) is 12.8 Å². The standard InChI is InChI=1S/2C16H13.CH2.2ClH.Zr/c2*1-2-7-13(8-3-1)15-11-5-4-9-14-10-6-12-16(14)15;;;;/h2*1-5,7-12H,6H2;1H2;2*1H;/q2*-1;;;;+2/p-2. The van der Waals surface area contributed by atoms with Gasteiger partial charge in [0.05, 0.1) is 0 Å². The van der Waals surface area contributed by atoms with Crippen molar-refractivity contribution < 1.29 is 49.0 Å². The average Bonchev–Trinajstić information content (AvgIpc) is 3.46. The summed E-state index contributed by atoms with van der Waals surface area (Å²) < 4.78 is 3.34. The molecular weight excluding hydrogens is 558 g/mol. The SMILES string of the molecule is C1=CC=C(c2ccccc2)C2=CC[CH-]C2=C1.C1=CC=C(c2ccccc2)C2=CC[CH-]C2=C1.[CH2]=[Zr+2].[Cl-].[Cl-]. The van der Waals surface area contributed by atoms with Crippen LogP contribution in [0.3, 0.4) is 0 Å². The molecule has 36 heavy (non-hydrogen) atoms. The summed E-state index contributed by atoms with van der Waals surface area (Å²) in [7, 11) is 0. The van der Waals surface area contributed by atoms with Crippen LogP contribution in [0.4, 0.5) is 0 Å². The van der Waals surface area contributed by atoms with Crippen LogP contribution in [0, 0.1) is 12.8 Å². The molecule has 0 nitrogen and oxygen atoms in total. The maximum Gasteiger partial charge on any atom is -1.00 e. The Balaban J connectivity index is 0.000000226. The molecule has 0 atom stereocenters. The number of hydrogen-bond donors (Lipinski definition) is 0. The Hall–Kier alpha value is -2.57. The Morgan fingerprint density at radius 2 is 0.861 bits per heavy atom. The van der Waals surface area contributed by atoms with E-state index >= 15 is 0 Å². The minimum Gasteiger partial charge on any atom is -1.00 e. The molecule has 0 N–H and O–H groups in total. The van der Waals surface area contributed by atoms with Gasteiger partial charge in [-0.2, -0.15) is 36.1 Å². The molecule has 4 aliphatic rings. The minimum atomic E-state index is 0. The van der Waals surface area contributed by atoms with E-state index in [2.05, 4.69) is 138 Å². The summed E-state index contributed by atoms with van der Waals surface area (Å²) in [6.07, 6.45) is 28.5. The van der Waals surface area contributed by atoms with Crippen LogP contribution in [0.1, 0.15) is 24.0 Å². The fraction of sp³-hybridized carbons (Fsp3) is 0.0606. The van der Waals surface area contributed by atoms with Gasteiger partial charge in [-0.05, 0) is 11.1 Å². The van der Waals surface area contributed by atoms with Crippen molar-refractivity contribution in [3.05, 3.63) is 168 Å². The predicted octanol–water partition coefficient (Wildman–Crippen LogP) is 2.17. The molecule has 0 unspecified atom stereocenters. The predicted molar refractivity (Wildman–Crippen MR) is 144 cm³/mol. The maximum atomic E-state index is 3.34. The van der Waals surface area contributed by atoms with Crippen molar-refractivity contribution in [3.8, 4) is 0 Å². The molecule has 6 rings (SSSR count). The first kappa shape index (κ1) is 29.7. The van der Waals surface area contributed by atoms with Gasteiger partial charge in [0.2, 0.25) is 0 Å². The third-order valence-electron chi connectivity index (χ3n) is 5.99. The van der Waals surface area contributed by atoms with Gasteiger partial charge in [0, 0.05) is 0 Å². The quantitative estimate of drug-likeness (QED) is 0.474. The van der Waals surface area contributed by atoms with E-state index in [9.17, 15) is 0 Å². The number of halogens is 2. The summed E-state index contributed by atoms with van der Waals surface area (Å²) in [6, 6.07) is 21.2. The van der Waals surface area contributed by atoms with Gasteiger partial charge in [-0.1, -0.05) is 109 Å². The molecule has 2 aromatic rings. The van der Waals surface area contributed by atoms with Gasteiger partial charge in [-0.3, -0.25) is 0 Å². The second-order valence-electron chi connectivity index (χ2n) is 8.02. The van der Waals surface area contributed by atoms with Crippen LogP contribution in [0.5, 0.6) is 0 Å². The molecule has 0 fully saturated rings. The van der Waals surface area contributed by atoms with Crippen LogP contribution in [0.2, 0.25) is 0 Å². The molecule has 0 saturated heterocycles. The van der Waals surface area contributed by atoms with E-state index in [1.807, 2.05) is 0 Å². The Labute approximate surface area is 243 Å². The van der Waals surface area contributed by atoms with Crippen molar-refractivity contribution in [2.75, 3.05) is 0 Å². The molecule has 0 amide bonds. The van der Waals surface area contributed by atoms with Crippen molar-refractivity contribution in [2.45, 2.75) is 12.8 Å². The molecule has 0 heterocycles. The first-order chi connectivity index (χ1) is 16.9. The van der Waals surface area contributed by atoms with Crippen LogP contribution >= 0.6 is 0 Å². The van der Waals surface area contributed by atoms with Crippen LogP contribution in [-0.4, -0.2) is 4.21 Å². The van der Waals surface area contributed by atoms with E-state index in [1.54, 1.807) is 0 Å². The smallest absolute Gasteiger partial charge is 1.00 e. The molecule has 0 aromatic heterocycles. The molecule has 0 radical (unpaired) electrons. The van der Waals surface area contributed by atoms with Gasteiger partial charge >= 0.3 is 28.4 Å². The van der Waals surface area contributed by atoms with Crippen molar-refractivity contribution >= 4 is 15.4 Å². The Bertz CT molecular complexity index is 1150. The normalized spacial score (nSPS) is 16.1. The third kappa shape index (κ3) is 7.24. The molecule has 0 saturated carbocycles. The molecule has 2 aromatic carbocycles. The van der Waals surface area contributed by atoms with Crippen LogP contribution in [0.25, 0.3) is 11.1 Å². The molecule has 4 aliphatic carbocycles. The summed E-state index contributed by atoms with van der Waals surface area (Å²) in [5.74, 6) is 0. The fourth-order valence-corrected chi connectivity index (χ4v) is 4.45. The van der Waals surface area contributed by atoms with Crippen LogP contribution < -0.4 is 24.8 Å². The topological polar surface area (TPSA) is 0 Å². The second kappa shape index (κ2) is 15.5. The molecule has 0 spiro atoms. The van der Waals surface area contributed by atoms with Gasteiger partial charge in [0.1, 0.15) is 0 Å². The van der Waals surface area contributed by atoms with Crippen molar-refractivity contribution in [2.24, 2.45) is 0 Å². The molecule has 180 valence electrons. The first-order valence-corrected chi connectivity index (χ1v) is 13.4. The zero-order valence-electron chi connectivity index (χ0n) is 20.1. The summed E-state index contributed by atoms with van der Waals surface area (Å²) in [5, 5.41) is 0. The minimum absolute atomic E-state index is 0. The third-order valence-corrected chi connectivity index (χ3v) is 5.99. The van der Waals surface area contributed by atoms with E-state index < -0.39 is 0 Å². The van der Waals surface area contributed by atoms with Gasteiger partial charge in [0.25, 0.3) is 0 Å². The Kier molecular flexibility index (Phi) is 12.8. The number of hydrogen-bond acceptors (Lipinski definition) is 0. The molecule has 3 heteroatoms. The summed E-state index contributed by atoms with van der Waals surface area (Å²) in [4.78, 5) is 0. The van der Waals surface area contributed by atoms with E-state index in [-0.39, 0.29) is 24.8 Å². The van der Waals surface area contributed by atoms with Gasteiger partial charge < -0.3 is 24.8 Å². The van der Waals surface area contributed by atoms with Gasteiger partial charge in [-0.25, -0.2) is 0 Å². The zero-order valence-corrected chi connectivity index (χ0v) is 24.0. The monoisotopic (exact) mass is 584 g/mol. The zero-order chi connectivity index (χ0) is 23.6. The molecule has 0 bridgehead atoms. The number of fused-ring (bicyclic) bond motifs is 2. The number of rotatable bonds is 2. The Morgan fingerprint density at radius 3 is 1.25 bits per heavy atom. The maximum absolute atomic E-state index is 3.34. The van der Waals surface area contributed by atoms with Crippen LogP contribution in [0.15, 0.2) is 144 Å². The fourth-order valence-electron chi connectivity index (χ4n) is 4.45. The molecule has 0 aliphatic heterocycles. The Morgan fingerprint density at radius 1 is 0.500 bits per heavy atom. The summed E-state index contributed by atoms with van der Waals surface area (Å²) >= 11 is 1.30. The summed E-state index contributed by atoms with van der Waals surface area (Å²) in [6.45, 7) is 0. The van der Waals surface area contributed by atoms with Crippen molar-refractivity contribution in [1.29, 1.82) is 0 Å². The summed E-state index contributed by atoms with van der Waals surface area (Å²) in [5.41, 5.74) is 10.7. The largest absolute Gasteiger partial charge is 1.00 e. The van der Waals surface area contributed by atoms with Crippen molar-refractivity contribution in [1.82, 2.24) is 0 Å². The molecular formula is C33H28Cl2Zr-2. The van der Waals surface area contributed by atoms with E-state index in [0.29, 0.717) is 0 Å². The van der Waals surface area contributed by atoms with Gasteiger partial charge in [-0.15, -0.1) is 35.5 Å². The number of benzene rings is 2.